The van der Waals surface area contributed by atoms with Crippen LogP contribution in [0.3, 0.4) is 0 Å². The highest BCUT2D eigenvalue weighted by atomic mass is 16.3. The molecule has 0 radical (unpaired) electrons. The molecule has 1 unspecified atom stereocenters. The Kier molecular flexibility index (Phi) is 3.05. The maximum Gasteiger partial charge on any atom is 0.243 e. The minimum absolute atomic E-state index is 0.0170. The standard InChI is InChI=1S/C14H18N2O3/c1-9-2-5-11(19-9)8-16-12(6-7-13(16)17)14(18)15-10-3-4-10/h2,5,10,12H,3-4,6-8H2,1H3,(H,15,18). The van der Waals surface area contributed by atoms with E-state index in [1.165, 1.54) is 0 Å². The second-order valence-corrected chi connectivity index (χ2v) is 5.37. The van der Waals surface area contributed by atoms with Gasteiger partial charge in [0.15, 0.2) is 0 Å². The Morgan fingerprint density at radius 1 is 1.42 bits per heavy atom. The molecule has 2 aliphatic rings. The van der Waals surface area contributed by atoms with Crippen molar-refractivity contribution in [3.8, 4) is 0 Å². The Morgan fingerprint density at radius 2 is 2.21 bits per heavy atom. The smallest absolute Gasteiger partial charge is 0.243 e. The van der Waals surface area contributed by atoms with E-state index in [-0.39, 0.29) is 17.9 Å². The molecule has 1 aliphatic heterocycles. The largest absolute Gasteiger partial charge is 0.464 e. The van der Waals surface area contributed by atoms with Gasteiger partial charge in [-0.1, -0.05) is 0 Å². The van der Waals surface area contributed by atoms with Gasteiger partial charge in [0, 0.05) is 12.5 Å². The van der Waals surface area contributed by atoms with Gasteiger partial charge in [0.25, 0.3) is 0 Å². The maximum absolute atomic E-state index is 12.1. The fraction of sp³-hybridized carbons (Fsp3) is 0.571. The molecule has 0 aromatic carbocycles. The summed E-state index contributed by atoms with van der Waals surface area (Å²) >= 11 is 0. The van der Waals surface area contributed by atoms with Crippen LogP contribution in [0.5, 0.6) is 0 Å². The van der Waals surface area contributed by atoms with Crippen LogP contribution in [-0.4, -0.2) is 28.8 Å². The molecule has 1 atom stereocenters. The van der Waals surface area contributed by atoms with Crippen molar-refractivity contribution in [2.45, 2.75) is 51.2 Å². The minimum atomic E-state index is -0.335. The lowest BCUT2D eigenvalue weighted by molar-refractivity contribution is -0.136. The third kappa shape index (κ3) is 2.64. The van der Waals surface area contributed by atoms with Crippen LogP contribution in [-0.2, 0) is 16.1 Å². The van der Waals surface area contributed by atoms with Gasteiger partial charge in [0.1, 0.15) is 17.6 Å². The van der Waals surface area contributed by atoms with Crippen LogP contribution in [0.2, 0.25) is 0 Å². The number of likely N-dealkylation sites (tertiary alicyclic amines) is 1. The van der Waals surface area contributed by atoms with E-state index in [1.807, 2.05) is 19.1 Å². The number of hydrogen-bond acceptors (Lipinski definition) is 3. The van der Waals surface area contributed by atoms with Crippen molar-refractivity contribution in [1.29, 1.82) is 0 Å². The lowest BCUT2D eigenvalue weighted by Crippen LogP contribution is -2.44. The molecule has 5 nitrogen and oxygen atoms in total. The topological polar surface area (TPSA) is 62.6 Å². The van der Waals surface area contributed by atoms with Crippen molar-refractivity contribution in [2.75, 3.05) is 0 Å². The van der Waals surface area contributed by atoms with Crippen molar-refractivity contribution in [3.05, 3.63) is 23.7 Å². The molecule has 0 bridgehead atoms. The van der Waals surface area contributed by atoms with Gasteiger partial charge in [0.05, 0.1) is 6.54 Å². The summed E-state index contributed by atoms with van der Waals surface area (Å²) in [6.45, 7) is 2.25. The fourth-order valence-electron chi connectivity index (χ4n) is 2.47. The van der Waals surface area contributed by atoms with Crippen LogP contribution >= 0.6 is 0 Å². The Balaban J connectivity index is 1.68. The van der Waals surface area contributed by atoms with Crippen molar-refractivity contribution in [3.63, 3.8) is 0 Å². The number of amides is 2. The first-order valence-corrected chi connectivity index (χ1v) is 6.78. The molecule has 2 amide bonds. The number of rotatable bonds is 4. The summed E-state index contributed by atoms with van der Waals surface area (Å²) < 4.78 is 5.49. The van der Waals surface area contributed by atoms with Crippen molar-refractivity contribution in [1.82, 2.24) is 10.2 Å². The van der Waals surface area contributed by atoms with Gasteiger partial charge < -0.3 is 14.6 Å². The fourth-order valence-corrected chi connectivity index (χ4v) is 2.47. The molecule has 5 heteroatoms. The summed E-state index contributed by atoms with van der Waals surface area (Å²) in [4.78, 5) is 25.7. The van der Waals surface area contributed by atoms with Gasteiger partial charge in [-0.2, -0.15) is 0 Å². The van der Waals surface area contributed by atoms with Gasteiger partial charge in [-0.25, -0.2) is 0 Å². The summed E-state index contributed by atoms with van der Waals surface area (Å²) in [5.74, 6) is 1.57. The normalized spacial score (nSPS) is 22.9. The van der Waals surface area contributed by atoms with E-state index in [9.17, 15) is 9.59 Å². The number of hydrogen-bond donors (Lipinski definition) is 1. The highest BCUT2D eigenvalue weighted by Gasteiger charge is 2.38. The summed E-state index contributed by atoms with van der Waals surface area (Å²) in [5.41, 5.74) is 0. The van der Waals surface area contributed by atoms with Gasteiger partial charge in [0.2, 0.25) is 11.8 Å². The molecule has 1 saturated heterocycles. The summed E-state index contributed by atoms with van der Waals surface area (Å²) in [6, 6.07) is 3.72. The van der Waals surface area contributed by atoms with E-state index in [2.05, 4.69) is 5.32 Å². The molecule has 2 heterocycles. The molecule has 102 valence electrons. The highest BCUT2D eigenvalue weighted by Crippen LogP contribution is 2.25. The third-order valence-corrected chi connectivity index (χ3v) is 3.68. The lowest BCUT2D eigenvalue weighted by Gasteiger charge is -2.23. The van der Waals surface area contributed by atoms with E-state index in [1.54, 1.807) is 4.90 Å². The van der Waals surface area contributed by atoms with Crippen LogP contribution in [0.1, 0.15) is 37.2 Å². The Labute approximate surface area is 111 Å². The Bertz CT molecular complexity index is 505. The van der Waals surface area contributed by atoms with E-state index >= 15 is 0 Å². The molecule has 19 heavy (non-hydrogen) atoms. The zero-order valence-electron chi connectivity index (χ0n) is 11.0. The predicted octanol–water partition coefficient (Wildman–Crippen LogP) is 1.36. The molecular weight excluding hydrogens is 244 g/mol. The van der Waals surface area contributed by atoms with Crippen molar-refractivity contribution >= 4 is 11.8 Å². The van der Waals surface area contributed by atoms with Gasteiger partial charge in [-0.3, -0.25) is 9.59 Å². The maximum atomic E-state index is 12.1. The van der Waals surface area contributed by atoms with Gasteiger partial charge >= 0.3 is 0 Å². The quantitative estimate of drug-likeness (QED) is 0.891. The van der Waals surface area contributed by atoms with E-state index in [0.717, 1.165) is 24.4 Å². The van der Waals surface area contributed by atoms with E-state index < -0.39 is 0 Å². The summed E-state index contributed by atoms with van der Waals surface area (Å²) in [7, 11) is 0. The first-order chi connectivity index (χ1) is 9.13. The molecule has 1 aromatic heterocycles. The molecule has 1 aromatic rings. The Morgan fingerprint density at radius 3 is 2.84 bits per heavy atom. The predicted molar refractivity (Wildman–Crippen MR) is 68.2 cm³/mol. The van der Waals surface area contributed by atoms with Crippen LogP contribution in [0.25, 0.3) is 0 Å². The molecule has 0 spiro atoms. The minimum Gasteiger partial charge on any atom is -0.464 e. The summed E-state index contributed by atoms with van der Waals surface area (Å²) in [6.07, 6.45) is 3.17. The number of carbonyl (C=O) groups excluding carboxylic acids is 2. The van der Waals surface area contributed by atoms with Crippen molar-refractivity contribution in [2.24, 2.45) is 0 Å². The van der Waals surface area contributed by atoms with E-state index in [0.29, 0.717) is 25.4 Å². The average molecular weight is 262 g/mol. The van der Waals surface area contributed by atoms with Crippen molar-refractivity contribution < 1.29 is 14.0 Å². The number of nitrogens with one attached hydrogen (secondary N) is 1. The second kappa shape index (κ2) is 4.72. The monoisotopic (exact) mass is 262 g/mol. The SMILES string of the molecule is Cc1ccc(CN2C(=O)CCC2C(=O)NC2CC2)o1. The molecule has 1 aliphatic carbocycles. The molecule has 1 saturated carbocycles. The highest BCUT2D eigenvalue weighted by molar-refractivity contribution is 5.91. The first-order valence-electron chi connectivity index (χ1n) is 6.78. The molecule has 3 rings (SSSR count). The number of carbonyl (C=O) groups is 2. The first kappa shape index (κ1) is 12.3. The number of nitrogens with zero attached hydrogens (tertiary/aromatic N) is 1. The second-order valence-electron chi connectivity index (χ2n) is 5.37. The zero-order valence-corrected chi connectivity index (χ0v) is 11.0. The molecular formula is C14H18N2O3. The van der Waals surface area contributed by atoms with Gasteiger partial charge in [-0.15, -0.1) is 0 Å². The number of furan rings is 1. The van der Waals surface area contributed by atoms with Crippen LogP contribution in [0.15, 0.2) is 16.5 Å². The van der Waals surface area contributed by atoms with Crippen LogP contribution in [0, 0.1) is 6.92 Å². The lowest BCUT2D eigenvalue weighted by atomic mass is 10.2. The Hall–Kier alpha value is -1.78. The van der Waals surface area contributed by atoms with Gasteiger partial charge in [-0.05, 0) is 38.3 Å². The molecule has 1 N–H and O–H groups in total. The third-order valence-electron chi connectivity index (χ3n) is 3.68. The molecule has 2 fully saturated rings. The van der Waals surface area contributed by atoms with Crippen LogP contribution < -0.4 is 5.32 Å². The van der Waals surface area contributed by atoms with Crippen LogP contribution in [0.4, 0.5) is 0 Å². The average Bonchev–Trinajstić information content (AvgIpc) is 2.97. The summed E-state index contributed by atoms with van der Waals surface area (Å²) in [5, 5.41) is 2.97. The zero-order chi connectivity index (χ0) is 13.4. The number of aryl methyl sites for hydroxylation is 1. The van der Waals surface area contributed by atoms with E-state index in [4.69, 9.17) is 4.42 Å².